The van der Waals surface area contributed by atoms with Crippen LogP contribution < -0.4 is 21.3 Å². The Labute approximate surface area is 663 Å². The first-order valence-corrected chi connectivity index (χ1v) is 40.9. The van der Waals surface area contributed by atoms with Gasteiger partial charge in [-0.15, -0.1) is 0 Å². The molecule has 0 saturated carbocycles. The second-order valence-electron chi connectivity index (χ2n) is 39.2. The molecule has 4 aromatic heterocycles. The van der Waals surface area contributed by atoms with Gasteiger partial charge in [0.1, 0.15) is 0 Å². The summed E-state index contributed by atoms with van der Waals surface area (Å²) < 4.78 is 7.94. The maximum absolute atomic E-state index is 5.63. The van der Waals surface area contributed by atoms with Crippen molar-refractivity contribution in [3.8, 4) is 28.2 Å². The van der Waals surface area contributed by atoms with E-state index in [2.05, 4.69) is 398 Å². The molecule has 2 aliphatic heterocycles. The van der Waals surface area contributed by atoms with Crippen molar-refractivity contribution < 1.29 is 0 Å². The van der Waals surface area contributed by atoms with E-state index < -0.39 is 0 Å². The van der Waals surface area contributed by atoms with Crippen molar-refractivity contribution in [2.75, 3.05) is 4.90 Å². The molecule has 0 radical (unpaired) electrons. The Morgan fingerprint density at radius 3 is 1.04 bits per heavy atom. The third-order valence-corrected chi connectivity index (χ3v) is 26.0. The Kier molecular flexibility index (Phi) is 14.4. The smallest absolute Gasteiger partial charge is 0.252 e. The van der Waals surface area contributed by atoms with Crippen LogP contribution in [0, 0.1) is 0 Å². The molecule has 0 saturated heterocycles. The molecule has 6 heteroatoms. The number of anilines is 3. The maximum Gasteiger partial charge on any atom is 0.252 e. The van der Waals surface area contributed by atoms with E-state index in [4.69, 9.17) is 4.98 Å². The maximum atomic E-state index is 5.63. The topological polar surface area (TPSA) is 30.9 Å². The molecule has 21 rings (SSSR count). The van der Waals surface area contributed by atoms with Crippen molar-refractivity contribution >= 4 is 170 Å². The lowest BCUT2D eigenvalue weighted by molar-refractivity contribution is 0.590. The van der Waals surface area contributed by atoms with E-state index in [9.17, 15) is 0 Å². The molecule has 0 atom stereocenters. The number of hydrogen-bond donors (Lipinski definition) is 0. The zero-order chi connectivity index (χ0) is 78.0. The van der Waals surface area contributed by atoms with Crippen molar-refractivity contribution in [2.45, 2.75) is 157 Å². The van der Waals surface area contributed by atoms with Crippen LogP contribution >= 0.6 is 0 Å². The summed E-state index contributed by atoms with van der Waals surface area (Å²) in [5.74, 6) is 0. The monoisotopic (exact) mass is 1460 g/mol. The van der Waals surface area contributed by atoms with Gasteiger partial charge in [-0.25, -0.2) is 0 Å². The van der Waals surface area contributed by atoms with Gasteiger partial charge in [0.05, 0.1) is 56.9 Å². The molecule has 0 aliphatic carbocycles. The molecule has 0 bridgehead atoms. The molecule has 0 N–H and O–H groups in total. The van der Waals surface area contributed by atoms with Crippen LogP contribution in [0.1, 0.15) is 158 Å². The minimum atomic E-state index is -0.219. The van der Waals surface area contributed by atoms with Crippen molar-refractivity contribution in [1.82, 2.24) is 18.7 Å². The molecule has 0 fully saturated rings. The fourth-order valence-electron chi connectivity index (χ4n) is 20.0. The number of hydrogen-bond acceptors (Lipinski definition) is 2. The highest BCUT2D eigenvalue weighted by molar-refractivity contribution is 7.00. The zero-order valence-electron chi connectivity index (χ0n) is 68.6. The normalized spacial score (nSPS) is 13.7. The Bertz CT molecular complexity index is 7070. The van der Waals surface area contributed by atoms with E-state index in [1.54, 1.807) is 0 Å². The number of nitrogens with zero attached hydrogens (tertiary/aromatic N) is 5. The van der Waals surface area contributed by atoms with Crippen LogP contribution in [0.15, 0.2) is 255 Å². The summed E-state index contributed by atoms with van der Waals surface area (Å²) in [7, 11) is 0. The third-order valence-electron chi connectivity index (χ3n) is 26.0. The largest absolute Gasteiger partial charge is 0.311 e. The van der Waals surface area contributed by atoms with Gasteiger partial charge in [0, 0.05) is 71.4 Å². The number of fused-ring (bicyclic) bond motifs is 27. The van der Waals surface area contributed by atoms with Gasteiger partial charge in [0.2, 0.25) is 0 Å². The van der Waals surface area contributed by atoms with Crippen LogP contribution in [0.3, 0.4) is 0 Å². The van der Waals surface area contributed by atoms with Gasteiger partial charge in [0.15, 0.2) is 0 Å². The Balaban J connectivity index is 1.01. The van der Waals surface area contributed by atoms with Gasteiger partial charge in [-0.1, -0.05) is 282 Å². The average Bonchev–Trinajstić information content (AvgIpc) is 1.55. The lowest BCUT2D eigenvalue weighted by Crippen LogP contribution is -2.60. The summed E-state index contributed by atoms with van der Waals surface area (Å²) in [5.41, 5.74) is 26.8. The highest BCUT2D eigenvalue weighted by Crippen LogP contribution is 2.54. The second-order valence-corrected chi connectivity index (χ2v) is 39.2. The highest BCUT2D eigenvalue weighted by Gasteiger charge is 2.45. The molecule has 0 amide bonds. The molecule has 6 heterocycles. The number of rotatable bonds is 4. The van der Waals surface area contributed by atoms with Gasteiger partial charge in [-0.3, -0.25) is 4.98 Å². The van der Waals surface area contributed by atoms with E-state index >= 15 is 0 Å². The van der Waals surface area contributed by atoms with Gasteiger partial charge in [-0.2, -0.15) is 0 Å². The van der Waals surface area contributed by atoms with Crippen LogP contribution in [-0.4, -0.2) is 25.4 Å². The van der Waals surface area contributed by atoms with E-state index in [1.807, 2.05) is 0 Å². The van der Waals surface area contributed by atoms with Crippen molar-refractivity contribution in [1.29, 1.82) is 0 Å². The van der Waals surface area contributed by atoms with Crippen LogP contribution in [0.5, 0.6) is 0 Å². The first-order valence-electron chi connectivity index (χ1n) is 40.9. The molecule has 552 valence electrons. The van der Waals surface area contributed by atoms with Crippen molar-refractivity contribution in [3.05, 3.63) is 288 Å². The van der Waals surface area contributed by atoms with E-state index in [-0.39, 0.29) is 39.2 Å². The van der Waals surface area contributed by atoms with Crippen LogP contribution in [0.2, 0.25) is 0 Å². The van der Waals surface area contributed by atoms with Gasteiger partial charge < -0.3 is 18.6 Å². The number of aromatic nitrogens is 4. The molecular weight excluding hydrogens is 1370 g/mol. The fraction of sp³-hybridized carbons (Fsp3) is 0.224. The molecule has 0 spiro atoms. The molecule has 113 heavy (non-hydrogen) atoms. The molecular formula is C107H96BN5. The lowest BCUT2D eigenvalue weighted by atomic mass is 9.33. The third kappa shape index (κ3) is 10.1. The summed E-state index contributed by atoms with van der Waals surface area (Å²) in [5, 5.41) is 22.7. The van der Waals surface area contributed by atoms with Crippen molar-refractivity contribution in [2.24, 2.45) is 0 Å². The lowest BCUT2D eigenvalue weighted by Gasteiger charge is -2.41. The highest BCUT2D eigenvalue weighted by atomic mass is 15.2. The Morgan fingerprint density at radius 2 is 0.602 bits per heavy atom. The minimum absolute atomic E-state index is 0.0756. The van der Waals surface area contributed by atoms with Crippen LogP contribution in [0.25, 0.3) is 158 Å². The predicted molar refractivity (Wildman–Crippen MR) is 489 cm³/mol. The molecule has 0 unspecified atom stereocenters. The van der Waals surface area contributed by atoms with Gasteiger partial charge in [0.25, 0.3) is 6.71 Å². The van der Waals surface area contributed by atoms with Crippen molar-refractivity contribution in [3.63, 3.8) is 0 Å². The SMILES string of the molecule is CC(C)(C)c1ccc(N2c3ccc(C(C)(C)C)cc3B3c4c2cc(-c2c(-n5c6ccc(C(C)(C)C)cc6c6cc(C(C)(C)C)ccc65)cncc2-n2c5ccc(C(C)(C)C)cc5c5cc(C(C)(C)C)ccc52)cc4-n2c4ccc5c6ccccc6c6ccccc6c5c4c4c5c6ccccc6c6ccccc6c5cc3c42)cc1. The average molecular weight is 1460 g/mol. The van der Waals surface area contributed by atoms with E-state index in [1.165, 1.54) is 169 Å². The van der Waals surface area contributed by atoms with Crippen LogP contribution in [-0.2, 0) is 32.5 Å². The van der Waals surface area contributed by atoms with Crippen LogP contribution in [0.4, 0.5) is 17.1 Å². The first-order chi connectivity index (χ1) is 53.9. The molecule has 15 aromatic carbocycles. The van der Waals surface area contributed by atoms with Gasteiger partial charge in [-0.05, 0) is 227 Å². The Hall–Kier alpha value is -11.7. The fourth-order valence-corrected chi connectivity index (χ4v) is 20.0. The minimum Gasteiger partial charge on any atom is -0.311 e. The molecule has 5 nitrogen and oxygen atoms in total. The summed E-state index contributed by atoms with van der Waals surface area (Å²) in [6.07, 6.45) is 4.39. The van der Waals surface area contributed by atoms with E-state index in [0.29, 0.717) is 0 Å². The first kappa shape index (κ1) is 69.2. The summed E-state index contributed by atoms with van der Waals surface area (Å²) >= 11 is 0. The summed E-state index contributed by atoms with van der Waals surface area (Å²) in [4.78, 5) is 8.28. The quantitative estimate of drug-likeness (QED) is 0.130. The summed E-state index contributed by atoms with van der Waals surface area (Å²) in [6.45, 7) is 42.1. The standard InChI is InChI=1S/C107H96BN5/c1-102(2,3)62-35-42-68(43-36-62)110-89-49-41-67(107(16,17)18)57-83(89)108-84-58-82-74-32-22-20-28-70(74)72-30-24-26-34-76(72)97(82)99-98-90(50-44-77-73-31-21-19-27-69(73)71-29-23-25-33-75(71)96(77)98)113(101(84)99)92-52-61(51-91(110)100(92)108)95-93(111-85-45-37-63(103(4,5)6)53-78(85)79-54-64(104(7,8)9)38-46-86(79)111)59-109-60-94(95)112-87-47-39-65(105(10,11)12)55-80(87)81-56-66(106(13,14)15)40-48-88(81)112/h19-60H,1-18H3. The number of benzene rings is 15. The second kappa shape index (κ2) is 23.5. The van der Waals surface area contributed by atoms with E-state index in [0.717, 1.165) is 55.9 Å². The van der Waals surface area contributed by atoms with Gasteiger partial charge >= 0.3 is 0 Å². The Morgan fingerprint density at radius 1 is 0.248 bits per heavy atom. The molecule has 19 aromatic rings. The summed E-state index contributed by atoms with van der Waals surface area (Å²) in [6, 6.07) is 96.0. The zero-order valence-corrected chi connectivity index (χ0v) is 68.6. The number of pyridine rings is 1. The predicted octanol–water partition coefficient (Wildman–Crippen LogP) is 27.4. The molecule has 2 aliphatic rings.